The SMILES string of the molecule is Cc1ncccc1O[C@H]1CCN(S(=O)(=O)Cc2cccc(C#N)c2)C1. The van der Waals surface area contributed by atoms with Crippen molar-refractivity contribution in [2.24, 2.45) is 0 Å². The highest BCUT2D eigenvalue weighted by Gasteiger charge is 2.32. The van der Waals surface area contributed by atoms with Crippen molar-refractivity contribution in [3.63, 3.8) is 0 Å². The van der Waals surface area contributed by atoms with E-state index in [-0.39, 0.29) is 11.9 Å². The highest BCUT2D eigenvalue weighted by molar-refractivity contribution is 7.88. The number of sulfonamides is 1. The van der Waals surface area contributed by atoms with Crippen molar-refractivity contribution in [3.05, 3.63) is 59.4 Å². The molecule has 1 aromatic heterocycles. The Hall–Kier alpha value is -2.43. The van der Waals surface area contributed by atoms with Crippen molar-refractivity contribution in [3.8, 4) is 11.8 Å². The summed E-state index contributed by atoms with van der Waals surface area (Å²) in [5.41, 5.74) is 1.87. The van der Waals surface area contributed by atoms with Crippen LogP contribution >= 0.6 is 0 Å². The average Bonchev–Trinajstić information content (AvgIpc) is 3.06. The van der Waals surface area contributed by atoms with Crippen LogP contribution in [-0.2, 0) is 15.8 Å². The second-order valence-corrected chi connectivity index (χ2v) is 8.01. The number of rotatable bonds is 5. The first-order valence-corrected chi connectivity index (χ1v) is 9.64. The van der Waals surface area contributed by atoms with Crippen LogP contribution in [0.15, 0.2) is 42.6 Å². The van der Waals surface area contributed by atoms with Crippen LogP contribution in [0.2, 0.25) is 0 Å². The zero-order valence-corrected chi connectivity index (χ0v) is 14.7. The van der Waals surface area contributed by atoms with E-state index in [0.717, 1.165) is 5.69 Å². The molecule has 25 heavy (non-hydrogen) atoms. The van der Waals surface area contributed by atoms with E-state index in [1.54, 1.807) is 36.5 Å². The van der Waals surface area contributed by atoms with E-state index < -0.39 is 10.0 Å². The van der Waals surface area contributed by atoms with Crippen LogP contribution in [0, 0.1) is 18.3 Å². The standard InChI is InChI=1S/C18H19N3O3S/c1-14-18(6-3-8-20-14)24-17-7-9-21(12-17)25(22,23)13-16-5-2-4-15(10-16)11-19/h2-6,8,10,17H,7,9,12-13H2,1H3/t17-/m0/s1. The number of aromatic nitrogens is 1. The van der Waals surface area contributed by atoms with Crippen LogP contribution in [0.3, 0.4) is 0 Å². The lowest BCUT2D eigenvalue weighted by atomic mass is 10.2. The molecule has 1 aromatic carbocycles. The molecule has 0 amide bonds. The van der Waals surface area contributed by atoms with Crippen LogP contribution in [0.4, 0.5) is 0 Å². The largest absolute Gasteiger partial charge is 0.487 e. The molecule has 0 N–H and O–H groups in total. The summed E-state index contributed by atoms with van der Waals surface area (Å²) in [5, 5.41) is 8.94. The topological polar surface area (TPSA) is 83.3 Å². The Labute approximate surface area is 147 Å². The van der Waals surface area contributed by atoms with Crippen LogP contribution < -0.4 is 4.74 Å². The van der Waals surface area contributed by atoms with Gasteiger partial charge in [-0.3, -0.25) is 4.98 Å². The van der Waals surface area contributed by atoms with Gasteiger partial charge in [-0.15, -0.1) is 0 Å². The van der Waals surface area contributed by atoms with Gasteiger partial charge in [0.25, 0.3) is 0 Å². The fourth-order valence-electron chi connectivity index (χ4n) is 2.85. The second-order valence-electron chi connectivity index (χ2n) is 6.04. The molecule has 0 unspecified atom stereocenters. The lowest BCUT2D eigenvalue weighted by molar-refractivity contribution is 0.213. The maximum absolute atomic E-state index is 12.6. The maximum Gasteiger partial charge on any atom is 0.218 e. The predicted molar refractivity (Wildman–Crippen MR) is 93.4 cm³/mol. The van der Waals surface area contributed by atoms with E-state index in [1.165, 1.54) is 4.31 Å². The first kappa shape index (κ1) is 17.4. The Kier molecular flexibility index (Phi) is 5.02. The molecule has 2 aromatic rings. The molecule has 0 spiro atoms. The third-order valence-corrected chi connectivity index (χ3v) is 5.97. The van der Waals surface area contributed by atoms with Gasteiger partial charge in [0.15, 0.2) is 0 Å². The third kappa shape index (κ3) is 4.16. The summed E-state index contributed by atoms with van der Waals surface area (Å²) in [7, 11) is -3.45. The van der Waals surface area contributed by atoms with Crippen LogP contribution in [0.5, 0.6) is 5.75 Å². The molecule has 1 saturated heterocycles. The highest BCUT2D eigenvalue weighted by Crippen LogP contribution is 2.23. The number of nitriles is 1. The lowest BCUT2D eigenvalue weighted by Crippen LogP contribution is -2.32. The van der Waals surface area contributed by atoms with Gasteiger partial charge in [-0.1, -0.05) is 12.1 Å². The summed E-state index contributed by atoms with van der Waals surface area (Å²) in [5.74, 6) is 0.578. The van der Waals surface area contributed by atoms with Crippen molar-refractivity contribution < 1.29 is 13.2 Å². The summed E-state index contributed by atoms with van der Waals surface area (Å²) in [6.45, 7) is 2.62. The molecule has 3 rings (SSSR count). The van der Waals surface area contributed by atoms with Gasteiger partial charge in [0.05, 0.1) is 29.6 Å². The van der Waals surface area contributed by atoms with Gasteiger partial charge in [0.2, 0.25) is 10.0 Å². The van der Waals surface area contributed by atoms with Gasteiger partial charge in [0.1, 0.15) is 11.9 Å². The molecule has 1 aliphatic heterocycles. The summed E-state index contributed by atoms with van der Waals surface area (Å²) < 4.78 is 32.7. The molecular formula is C18H19N3O3S. The fourth-order valence-corrected chi connectivity index (χ4v) is 4.41. The zero-order chi connectivity index (χ0) is 17.9. The van der Waals surface area contributed by atoms with Gasteiger partial charge < -0.3 is 4.74 Å². The van der Waals surface area contributed by atoms with Crippen molar-refractivity contribution in [1.29, 1.82) is 5.26 Å². The summed E-state index contributed by atoms with van der Waals surface area (Å²) in [4.78, 5) is 4.18. The molecule has 0 bridgehead atoms. The van der Waals surface area contributed by atoms with Crippen molar-refractivity contribution in [2.75, 3.05) is 13.1 Å². The summed E-state index contributed by atoms with van der Waals surface area (Å²) in [6.07, 6.45) is 2.16. The zero-order valence-electron chi connectivity index (χ0n) is 13.9. The Morgan fingerprint density at radius 2 is 2.20 bits per heavy atom. The Balaban J connectivity index is 1.66. The van der Waals surface area contributed by atoms with Crippen molar-refractivity contribution >= 4 is 10.0 Å². The van der Waals surface area contributed by atoms with E-state index in [2.05, 4.69) is 4.98 Å². The molecule has 0 aliphatic carbocycles. The Morgan fingerprint density at radius 3 is 2.96 bits per heavy atom. The maximum atomic E-state index is 12.6. The molecular weight excluding hydrogens is 338 g/mol. The van der Waals surface area contributed by atoms with Crippen LogP contribution in [-0.4, -0.2) is 36.9 Å². The van der Waals surface area contributed by atoms with Gasteiger partial charge >= 0.3 is 0 Å². The molecule has 1 aliphatic rings. The first-order chi connectivity index (χ1) is 12.0. The normalized spacial score (nSPS) is 18.0. The van der Waals surface area contributed by atoms with Crippen LogP contribution in [0.1, 0.15) is 23.2 Å². The molecule has 1 atom stereocenters. The molecule has 2 heterocycles. The van der Waals surface area contributed by atoms with Crippen molar-refractivity contribution in [1.82, 2.24) is 9.29 Å². The smallest absolute Gasteiger partial charge is 0.218 e. The average molecular weight is 357 g/mol. The Morgan fingerprint density at radius 1 is 1.36 bits per heavy atom. The summed E-state index contributed by atoms with van der Waals surface area (Å²) in [6, 6.07) is 12.4. The quantitative estimate of drug-likeness (QED) is 0.819. The summed E-state index contributed by atoms with van der Waals surface area (Å²) >= 11 is 0. The minimum absolute atomic E-state index is 0.110. The molecule has 1 fully saturated rings. The van der Waals surface area contributed by atoms with Crippen molar-refractivity contribution in [2.45, 2.75) is 25.2 Å². The number of ether oxygens (including phenoxy) is 1. The van der Waals surface area contributed by atoms with Gasteiger partial charge in [-0.05, 0) is 43.2 Å². The number of hydrogen-bond donors (Lipinski definition) is 0. The van der Waals surface area contributed by atoms with Gasteiger partial charge in [-0.2, -0.15) is 9.57 Å². The van der Waals surface area contributed by atoms with E-state index in [9.17, 15) is 8.42 Å². The number of nitrogens with zero attached hydrogens (tertiary/aromatic N) is 3. The number of benzene rings is 1. The monoisotopic (exact) mass is 357 g/mol. The van der Waals surface area contributed by atoms with E-state index in [4.69, 9.17) is 10.00 Å². The molecule has 0 saturated carbocycles. The van der Waals surface area contributed by atoms with Gasteiger partial charge in [0, 0.05) is 12.7 Å². The predicted octanol–water partition coefficient (Wildman–Crippen LogP) is 2.24. The van der Waals surface area contributed by atoms with E-state index in [0.29, 0.717) is 36.4 Å². The third-order valence-electron chi connectivity index (χ3n) is 4.16. The second kappa shape index (κ2) is 7.21. The number of pyridine rings is 1. The fraction of sp³-hybridized carbons (Fsp3) is 0.333. The molecule has 0 radical (unpaired) electrons. The van der Waals surface area contributed by atoms with E-state index >= 15 is 0 Å². The highest BCUT2D eigenvalue weighted by atomic mass is 32.2. The van der Waals surface area contributed by atoms with Gasteiger partial charge in [-0.25, -0.2) is 8.42 Å². The molecule has 7 heteroatoms. The lowest BCUT2D eigenvalue weighted by Gasteiger charge is -2.18. The minimum Gasteiger partial charge on any atom is -0.487 e. The molecule has 6 nitrogen and oxygen atoms in total. The minimum atomic E-state index is -3.45. The van der Waals surface area contributed by atoms with E-state index in [1.807, 2.05) is 19.1 Å². The first-order valence-electron chi connectivity index (χ1n) is 8.03. The van der Waals surface area contributed by atoms with Crippen LogP contribution in [0.25, 0.3) is 0 Å². The molecule has 130 valence electrons. The Bertz CT molecular complexity index is 906. The number of hydrogen-bond acceptors (Lipinski definition) is 5. The number of aryl methyl sites for hydroxylation is 1.